The SMILES string of the molecule is COCc1nc(N2CCc3nc(N)sc3C2)c2c(-c3ccccc3)csc2n1. The van der Waals surface area contributed by atoms with Crippen LogP contribution in [0.5, 0.6) is 0 Å². The van der Waals surface area contributed by atoms with E-state index in [2.05, 4.69) is 39.5 Å². The van der Waals surface area contributed by atoms with Gasteiger partial charge in [-0.15, -0.1) is 22.7 Å². The molecule has 28 heavy (non-hydrogen) atoms. The second-order valence-corrected chi connectivity index (χ2v) is 8.66. The highest BCUT2D eigenvalue weighted by Gasteiger charge is 2.25. The maximum atomic E-state index is 5.93. The number of hydrogen-bond donors (Lipinski definition) is 1. The largest absolute Gasteiger partial charge is 0.377 e. The Morgan fingerprint density at radius 3 is 2.86 bits per heavy atom. The molecule has 1 aromatic carbocycles. The third-order valence-corrected chi connectivity index (χ3v) is 6.65. The predicted molar refractivity (Wildman–Crippen MR) is 115 cm³/mol. The monoisotopic (exact) mass is 409 g/mol. The summed E-state index contributed by atoms with van der Waals surface area (Å²) in [5, 5.41) is 3.92. The summed E-state index contributed by atoms with van der Waals surface area (Å²) in [5.41, 5.74) is 9.40. The van der Waals surface area contributed by atoms with E-state index >= 15 is 0 Å². The summed E-state index contributed by atoms with van der Waals surface area (Å²) in [6, 6.07) is 10.4. The fraction of sp³-hybridized carbons (Fsp3) is 0.250. The maximum absolute atomic E-state index is 5.93. The summed E-state index contributed by atoms with van der Waals surface area (Å²) in [4.78, 5) is 18.6. The Kier molecular flexibility index (Phi) is 4.46. The van der Waals surface area contributed by atoms with E-state index in [1.165, 1.54) is 16.0 Å². The standard InChI is InChI=1S/C20H19N5OS2/c1-26-10-16-23-18(25-8-7-14-15(9-25)28-20(21)22-14)17-13(11-27-19(17)24-16)12-5-3-2-4-6-12/h2-6,11H,7-10H2,1H3,(H2,21,22). The Labute approximate surface area is 170 Å². The predicted octanol–water partition coefficient (Wildman–Crippen LogP) is 4.11. The number of ether oxygens (including phenoxy) is 1. The number of aromatic nitrogens is 3. The van der Waals surface area contributed by atoms with Gasteiger partial charge in [0.05, 0.1) is 17.6 Å². The van der Waals surface area contributed by atoms with Crippen molar-refractivity contribution in [3.63, 3.8) is 0 Å². The maximum Gasteiger partial charge on any atom is 0.180 e. The van der Waals surface area contributed by atoms with Gasteiger partial charge in [0.1, 0.15) is 17.3 Å². The van der Waals surface area contributed by atoms with Gasteiger partial charge in [-0.05, 0) is 5.56 Å². The number of anilines is 2. The zero-order chi connectivity index (χ0) is 19.1. The molecule has 0 atom stereocenters. The second-order valence-electron chi connectivity index (χ2n) is 6.69. The quantitative estimate of drug-likeness (QED) is 0.547. The van der Waals surface area contributed by atoms with Crippen molar-refractivity contribution in [3.05, 3.63) is 52.1 Å². The lowest BCUT2D eigenvalue weighted by Crippen LogP contribution is -2.31. The van der Waals surface area contributed by atoms with Crippen LogP contribution in [0.25, 0.3) is 21.3 Å². The lowest BCUT2D eigenvalue weighted by atomic mass is 10.1. The third kappa shape index (κ3) is 3.03. The fourth-order valence-corrected chi connectivity index (χ4v) is 5.47. The lowest BCUT2D eigenvalue weighted by molar-refractivity contribution is 0.178. The van der Waals surface area contributed by atoms with Gasteiger partial charge < -0.3 is 15.4 Å². The number of fused-ring (bicyclic) bond motifs is 2. The van der Waals surface area contributed by atoms with Gasteiger partial charge in [-0.25, -0.2) is 15.0 Å². The van der Waals surface area contributed by atoms with Gasteiger partial charge in [0.25, 0.3) is 0 Å². The molecule has 0 aliphatic carbocycles. The molecule has 6 nitrogen and oxygen atoms in total. The summed E-state index contributed by atoms with van der Waals surface area (Å²) >= 11 is 3.22. The van der Waals surface area contributed by atoms with E-state index in [0.717, 1.165) is 41.2 Å². The number of hydrogen-bond acceptors (Lipinski definition) is 8. The minimum Gasteiger partial charge on any atom is -0.377 e. The molecular weight excluding hydrogens is 390 g/mol. The van der Waals surface area contributed by atoms with Crippen LogP contribution in [0.4, 0.5) is 10.9 Å². The van der Waals surface area contributed by atoms with E-state index in [1.54, 1.807) is 29.8 Å². The molecule has 1 aliphatic rings. The molecule has 0 bridgehead atoms. The van der Waals surface area contributed by atoms with E-state index in [9.17, 15) is 0 Å². The lowest BCUT2D eigenvalue weighted by Gasteiger charge is -2.28. The van der Waals surface area contributed by atoms with Gasteiger partial charge in [0.15, 0.2) is 11.0 Å². The summed E-state index contributed by atoms with van der Waals surface area (Å²) < 4.78 is 5.31. The Morgan fingerprint density at radius 1 is 1.18 bits per heavy atom. The van der Waals surface area contributed by atoms with E-state index < -0.39 is 0 Å². The molecular formula is C20H19N5OS2. The Balaban J connectivity index is 1.66. The molecule has 1 aliphatic heterocycles. The number of nitrogens with zero attached hydrogens (tertiary/aromatic N) is 4. The van der Waals surface area contributed by atoms with Crippen LogP contribution >= 0.6 is 22.7 Å². The van der Waals surface area contributed by atoms with E-state index in [1.807, 2.05) is 6.07 Å². The number of methoxy groups -OCH3 is 1. The van der Waals surface area contributed by atoms with E-state index in [4.69, 9.17) is 20.4 Å². The molecule has 0 saturated carbocycles. The van der Waals surface area contributed by atoms with Crippen LogP contribution in [-0.2, 0) is 24.3 Å². The van der Waals surface area contributed by atoms with Crippen LogP contribution in [0.2, 0.25) is 0 Å². The van der Waals surface area contributed by atoms with Crippen LogP contribution < -0.4 is 10.6 Å². The van der Waals surface area contributed by atoms with Crippen molar-refractivity contribution in [2.24, 2.45) is 0 Å². The summed E-state index contributed by atoms with van der Waals surface area (Å²) in [5.74, 6) is 1.68. The van der Waals surface area contributed by atoms with E-state index in [-0.39, 0.29) is 0 Å². The Bertz CT molecular complexity index is 1140. The first-order valence-corrected chi connectivity index (χ1v) is 10.7. The van der Waals surface area contributed by atoms with Gasteiger partial charge in [-0.3, -0.25) is 0 Å². The summed E-state index contributed by atoms with van der Waals surface area (Å²) in [6.45, 7) is 2.03. The summed E-state index contributed by atoms with van der Waals surface area (Å²) in [6.07, 6.45) is 0.874. The number of nitrogen functional groups attached to an aromatic ring is 1. The smallest absolute Gasteiger partial charge is 0.180 e. The van der Waals surface area contributed by atoms with Gasteiger partial charge in [-0.2, -0.15) is 0 Å². The van der Waals surface area contributed by atoms with Crippen molar-refractivity contribution in [2.45, 2.75) is 19.6 Å². The van der Waals surface area contributed by atoms with Crippen molar-refractivity contribution in [1.82, 2.24) is 15.0 Å². The third-order valence-electron chi connectivity index (χ3n) is 4.87. The topological polar surface area (TPSA) is 77.2 Å². The average molecular weight is 410 g/mol. The molecule has 5 rings (SSSR count). The molecule has 8 heteroatoms. The van der Waals surface area contributed by atoms with Crippen LogP contribution in [0, 0.1) is 0 Å². The van der Waals surface area contributed by atoms with Gasteiger partial charge in [0, 0.05) is 35.9 Å². The molecule has 0 unspecified atom stereocenters. The van der Waals surface area contributed by atoms with E-state index in [0.29, 0.717) is 17.6 Å². The highest BCUT2D eigenvalue weighted by molar-refractivity contribution is 7.17. The minimum absolute atomic E-state index is 0.397. The van der Waals surface area contributed by atoms with Crippen LogP contribution in [0.3, 0.4) is 0 Å². The van der Waals surface area contributed by atoms with Crippen LogP contribution in [0.15, 0.2) is 35.7 Å². The molecule has 0 radical (unpaired) electrons. The average Bonchev–Trinajstić information content (AvgIpc) is 3.30. The van der Waals surface area contributed by atoms with Crippen molar-refractivity contribution >= 4 is 43.8 Å². The molecule has 4 heterocycles. The first-order valence-electron chi connectivity index (χ1n) is 9.04. The minimum atomic E-state index is 0.397. The molecule has 0 fully saturated rings. The van der Waals surface area contributed by atoms with Crippen molar-refractivity contribution in [1.29, 1.82) is 0 Å². The normalized spacial score (nSPS) is 13.8. The molecule has 4 aromatic rings. The van der Waals surface area contributed by atoms with Gasteiger partial charge >= 0.3 is 0 Å². The first kappa shape index (κ1) is 17.5. The van der Waals surface area contributed by atoms with Crippen molar-refractivity contribution in [2.75, 3.05) is 24.3 Å². The van der Waals surface area contributed by atoms with Crippen molar-refractivity contribution in [3.8, 4) is 11.1 Å². The van der Waals surface area contributed by atoms with Gasteiger partial charge in [0.2, 0.25) is 0 Å². The Hall–Kier alpha value is -2.55. The Morgan fingerprint density at radius 2 is 2.04 bits per heavy atom. The van der Waals surface area contributed by atoms with Crippen LogP contribution in [-0.4, -0.2) is 28.6 Å². The summed E-state index contributed by atoms with van der Waals surface area (Å²) in [7, 11) is 1.67. The number of nitrogens with two attached hydrogens (primary N) is 1. The number of benzene rings is 1. The fourth-order valence-electron chi connectivity index (χ4n) is 3.62. The molecule has 0 amide bonds. The number of rotatable bonds is 4. The molecule has 0 spiro atoms. The highest BCUT2D eigenvalue weighted by atomic mass is 32.1. The first-order chi connectivity index (χ1) is 13.7. The highest BCUT2D eigenvalue weighted by Crippen LogP contribution is 2.40. The number of thiazole rings is 1. The van der Waals surface area contributed by atoms with Crippen molar-refractivity contribution < 1.29 is 4.74 Å². The molecule has 142 valence electrons. The van der Waals surface area contributed by atoms with Gasteiger partial charge in [-0.1, -0.05) is 30.3 Å². The zero-order valence-electron chi connectivity index (χ0n) is 15.4. The zero-order valence-corrected chi connectivity index (χ0v) is 17.0. The molecule has 2 N–H and O–H groups in total. The number of thiophene rings is 1. The van der Waals surface area contributed by atoms with Crippen LogP contribution in [0.1, 0.15) is 16.4 Å². The molecule has 3 aromatic heterocycles. The second kappa shape index (κ2) is 7.12. The molecule has 0 saturated heterocycles.